The van der Waals surface area contributed by atoms with Gasteiger partial charge in [0.25, 0.3) is 0 Å². The van der Waals surface area contributed by atoms with E-state index in [-0.39, 0.29) is 0 Å². The van der Waals surface area contributed by atoms with Gasteiger partial charge in [-0.1, -0.05) is 35.8 Å². The van der Waals surface area contributed by atoms with Crippen LogP contribution in [0, 0.1) is 6.92 Å². The lowest BCUT2D eigenvalue weighted by Gasteiger charge is -2.18. The predicted molar refractivity (Wildman–Crippen MR) is 92.7 cm³/mol. The Hall–Kier alpha value is -0.640. The Kier molecular flexibility index (Phi) is 5.82. The van der Waals surface area contributed by atoms with Gasteiger partial charge in [-0.05, 0) is 55.3 Å². The first-order chi connectivity index (χ1) is 9.62. The Morgan fingerprint density at radius 1 is 1.15 bits per heavy atom. The van der Waals surface area contributed by atoms with Gasteiger partial charge in [-0.3, -0.25) is 0 Å². The molecule has 0 aliphatic carbocycles. The van der Waals surface area contributed by atoms with E-state index >= 15 is 0 Å². The average molecular weight is 352 g/mol. The lowest BCUT2D eigenvalue weighted by molar-refractivity contribution is 0.553. The molecule has 0 aliphatic rings. The van der Waals surface area contributed by atoms with Crippen LogP contribution in [0.2, 0.25) is 0 Å². The number of hydrogen-bond donors (Lipinski definition) is 1. The minimum absolute atomic E-state index is 0.388. The molecule has 0 saturated heterocycles. The number of likely N-dealkylation sites (N-methyl/N-ethyl adjacent to an activating group) is 1. The zero-order valence-corrected chi connectivity index (χ0v) is 14.8. The highest BCUT2D eigenvalue weighted by atomic mass is 79.9. The molecule has 0 bridgehead atoms. The Bertz CT molecular complexity index is 542. The molecule has 2 aromatic rings. The monoisotopic (exact) mass is 351 g/mol. The summed E-state index contributed by atoms with van der Waals surface area (Å²) < 4.78 is 1.16. The van der Waals surface area contributed by atoms with Gasteiger partial charge < -0.3 is 5.32 Å². The highest BCUT2D eigenvalue weighted by Crippen LogP contribution is 2.26. The smallest absolute Gasteiger partial charge is 0.0369 e. The summed E-state index contributed by atoms with van der Waals surface area (Å²) in [6, 6.07) is 11.6. The van der Waals surface area contributed by atoms with Crippen LogP contribution in [0.15, 0.2) is 34.8 Å². The van der Waals surface area contributed by atoms with Crippen molar-refractivity contribution in [3.8, 4) is 0 Å². The molecule has 1 nitrogen and oxygen atoms in total. The summed E-state index contributed by atoms with van der Waals surface area (Å²) in [5, 5.41) is 3.61. The van der Waals surface area contributed by atoms with Gasteiger partial charge in [0.15, 0.2) is 0 Å². The maximum Gasteiger partial charge on any atom is 0.0369 e. The second-order valence-corrected chi connectivity index (χ2v) is 7.27. The molecule has 20 heavy (non-hydrogen) atoms. The second kappa shape index (κ2) is 7.39. The maximum absolute atomic E-state index is 3.61. The van der Waals surface area contributed by atoms with Gasteiger partial charge in [0.1, 0.15) is 0 Å². The number of halogens is 1. The van der Waals surface area contributed by atoms with E-state index in [1.54, 1.807) is 0 Å². The van der Waals surface area contributed by atoms with E-state index in [4.69, 9.17) is 0 Å². The van der Waals surface area contributed by atoms with Crippen molar-refractivity contribution < 1.29 is 0 Å². The highest BCUT2D eigenvalue weighted by molar-refractivity contribution is 9.10. The van der Waals surface area contributed by atoms with Gasteiger partial charge in [0, 0.05) is 26.7 Å². The van der Waals surface area contributed by atoms with Crippen LogP contribution in [0.1, 0.15) is 40.8 Å². The summed E-state index contributed by atoms with van der Waals surface area (Å²) in [5.74, 6) is 0. The van der Waals surface area contributed by atoms with Crippen molar-refractivity contribution in [1.29, 1.82) is 0 Å². The lowest BCUT2D eigenvalue weighted by atomic mass is 10.0. The number of nitrogens with one attached hydrogen (secondary N) is 1. The fraction of sp³-hybridized carbons (Fsp3) is 0.412. The molecule has 0 aliphatic heterocycles. The predicted octanol–water partition coefficient (Wildman–Crippen LogP) is 5.27. The maximum atomic E-state index is 3.61. The fourth-order valence-electron chi connectivity index (χ4n) is 2.44. The molecule has 0 amide bonds. The van der Waals surface area contributed by atoms with Crippen LogP contribution in [-0.4, -0.2) is 6.54 Å². The topological polar surface area (TPSA) is 12.0 Å². The van der Waals surface area contributed by atoms with E-state index in [0.717, 1.165) is 23.9 Å². The van der Waals surface area contributed by atoms with Gasteiger partial charge in [-0.15, -0.1) is 11.3 Å². The summed E-state index contributed by atoms with van der Waals surface area (Å²) >= 11 is 5.55. The third-order valence-electron chi connectivity index (χ3n) is 3.39. The Labute approximate surface area is 134 Å². The zero-order chi connectivity index (χ0) is 14.5. The molecule has 1 aromatic carbocycles. The van der Waals surface area contributed by atoms with E-state index < -0.39 is 0 Å². The van der Waals surface area contributed by atoms with Crippen LogP contribution in [0.3, 0.4) is 0 Å². The number of thiophene rings is 1. The quantitative estimate of drug-likeness (QED) is 0.746. The van der Waals surface area contributed by atoms with E-state index in [2.05, 4.69) is 72.3 Å². The van der Waals surface area contributed by atoms with E-state index in [9.17, 15) is 0 Å². The molecule has 0 spiro atoms. The van der Waals surface area contributed by atoms with Crippen molar-refractivity contribution in [1.82, 2.24) is 5.32 Å². The molecule has 2 rings (SSSR count). The van der Waals surface area contributed by atoms with Crippen molar-refractivity contribution in [3.63, 3.8) is 0 Å². The first-order valence-electron chi connectivity index (χ1n) is 7.20. The molecule has 0 fully saturated rings. The van der Waals surface area contributed by atoms with Crippen LogP contribution in [0.25, 0.3) is 0 Å². The molecular weight excluding hydrogens is 330 g/mol. The van der Waals surface area contributed by atoms with Gasteiger partial charge >= 0.3 is 0 Å². The number of benzene rings is 1. The second-order valence-electron chi connectivity index (χ2n) is 5.10. The Morgan fingerprint density at radius 3 is 2.50 bits per heavy atom. The van der Waals surface area contributed by atoms with Crippen LogP contribution in [0.5, 0.6) is 0 Å². The Balaban J connectivity index is 2.21. The molecule has 0 saturated carbocycles. The summed E-state index contributed by atoms with van der Waals surface area (Å²) in [6.45, 7) is 7.53. The third kappa shape index (κ3) is 4.18. The molecule has 108 valence electrons. The van der Waals surface area contributed by atoms with Crippen molar-refractivity contribution in [3.05, 3.63) is 55.7 Å². The van der Waals surface area contributed by atoms with Gasteiger partial charge in [0.2, 0.25) is 0 Å². The van der Waals surface area contributed by atoms with E-state index in [1.165, 1.54) is 20.9 Å². The fourth-order valence-corrected chi connectivity index (χ4v) is 4.07. The summed E-state index contributed by atoms with van der Waals surface area (Å²) in [5.41, 5.74) is 2.67. The number of aryl methyl sites for hydroxylation is 2. The van der Waals surface area contributed by atoms with Crippen molar-refractivity contribution in [2.75, 3.05) is 6.54 Å². The van der Waals surface area contributed by atoms with Crippen molar-refractivity contribution in [2.45, 2.75) is 39.7 Å². The first kappa shape index (κ1) is 15.7. The van der Waals surface area contributed by atoms with Crippen molar-refractivity contribution >= 4 is 27.3 Å². The lowest BCUT2D eigenvalue weighted by Crippen LogP contribution is -2.22. The van der Waals surface area contributed by atoms with Crippen LogP contribution < -0.4 is 5.32 Å². The van der Waals surface area contributed by atoms with Gasteiger partial charge in [-0.25, -0.2) is 0 Å². The summed E-state index contributed by atoms with van der Waals surface area (Å²) in [7, 11) is 0. The molecule has 0 radical (unpaired) electrons. The Morgan fingerprint density at radius 2 is 1.90 bits per heavy atom. The molecule has 1 heterocycles. The number of rotatable bonds is 6. The van der Waals surface area contributed by atoms with Crippen LogP contribution in [-0.2, 0) is 12.8 Å². The van der Waals surface area contributed by atoms with Gasteiger partial charge in [-0.2, -0.15) is 0 Å². The normalized spacial score (nSPS) is 12.6. The summed E-state index contributed by atoms with van der Waals surface area (Å²) in [4.78, 5) is 2.94. The minimum atomic E-state index is 0.388. The molecular formula is C17H22BrNS. The average Bonchev–Trinajstić information content (AvgIpc) is 2.85. The van der Waals surface area contributed by atoms with Gasteiger partial charge in [0.05, 0.1) is 0 Å². The third-order valence-corrected chi connectivity index (χ3v) is 5.10. The van der Waals surface area contributed by atoms with E-state index in [0.29, 0.717) is 6.04 Å². The minimum Gasteiger partial charge on any atom is -0.310 e. The first-order valence-corrected chi connectivity index (χ1v) is 8.81. The molecule has 1 atom stereocenters. The SMILES string of the molecule is CCNC(Cc1ccc(CC)s1)c1cc(C)cc(Br)c1. The molecule has 1 aromatic heterocycles. The number of hydrogen-bond acceptors (Lipinski definition) is 2. The molecule has 1 N–H and O–H groups in total. The standard InChI is InChI=1S/C17H22BrNS/c1-4-15-6-7-16(20-15)11-17(19-5-2)13-8-12(3)9-14(18)10-13/h6-10,17,19H,4-5,11H2,1-3H3. The van der Waals surface area contributed by atoms with Crippen molar-refractivity contribution in [2.24, 2.45) is 0 Å². The molecule has 3 heteroatoms. The van der Waals surface area contributed by atoms with E-state index in [1.807, 2.05) is 11.3 Å². The molecule has 1 unspecified atom stereocenters. The highest BCUT2D eigenvalue weighted by Gasteiger charge is 2.13. The summed E-state index contributed by atoms with van der Waals surface area (Å²) in [6.07, 6.45) is 2.20. The van der Waals surface area contributed by atoms with Crippen LogP contribution >= 0.6 is 27.3 Å². The zero-order valence-electron chi connectivity index (χ0n) is 12.4. The van der Waals surface area contributed by atoms with Crippen LogP contribution in [0.4, 0.5) is 0 Å². The largest absolute Gasteiger partial charge is 0.310 e.